The number of carbonyl (C=O) groups excluding carboxylic acids is 1. The highest BCUT2D eigenvalue weighted by Gasteiger charge is 2.13. The maximum absolute atomic E-state index is 12.4. The molecule has 0 radical (unpaired) electrons. The third-order valence-corrected chi connectivity index (χ3v) is 7.16. The van der Waals surface area contributed by atoms with Gasteiger partial charge in [0.25, 0.3) is 5.91 Å². The summed E-state index contributed by atoms with van der Waals surface area (Å²) in [5.41, 5.74) is 6.32. The molecule has 3 rings (SSSR count). The van der Waals surface area contributed by atoms with Crippen LogP contribution in [0.25, 0.3) is 22.0 Å². The van der Waals surface area contributed by atoms with Gasteiger partial charge in [-0.3, -0.25) is 4.79 Å². The average molecular weight is 543 g/mol. The zero-order chi connectivity index (χ0) is 29.9. The molecular weight excluding hydrogens is 488 g/mol. The van der Waals surface area contributed by atoms with Crippen LogP contribution in [0.5, 0.6) is 0 Å². The number of allylic oxidation sites excluding steroid dienone is 4. The number of aromatic nitrogens is 1. The van der Waals surface area contributed by atoms with E-state index in [1.165, 1.54) is 47.9 Å². The first-order chi connectivity index (χ1) is 19.3. The number of rotatable bonds is 12. The second-order valence-corrected chi connectivity index (χ2v) is 10.5. The molecule has 3 heteroatoms. The van der Waals surface area contributed by atoms with Crippen molar-refractivity contribution in [2.24, 2.45) is 5.92 Å². The van der Waals surface area contributed by atoms with Crippen LogP contribution in [0, 0.1) is 5.92 Å². The van der Waals surface area contributed by atoms with Crippen LogP contribution in [0.15, 0.2) is 79.9 Å². The van der Waals surface area contributed by atoms with Gasteiger partial charge in [-0.05, 0) is 79.0 Å². The Balaban J connectivity index is 0.000000328. The Morgan fingerprint density at radius 2 is 1.55 bits per heavy atom. The largest absolute Gasteiger partial charge is 0.355 e. The Bertz CT molecular complexity index is 1140. The van der Waals surface area contributed by atoms with Crippen LogP contribution in [0.4, 0.5) is 0 Å². The average Bonchev–Trinajstić information content (AvgIpc) is 3.44. The van der Waals surface area contributed by atoms with Crippen LogP contribution in [-0.2, 0) is 0 Å². The van der Waals surface area contributed by atoms with E-state index in [2.05, 4.69) is 96.9 Å². The van der Waals surface area contributed by atoms with Gasteiger partial charge in [-0.1, -0.05) is 116 Å². The highest BCUT2D eigenvalue weighted by molar-refractivity contribution is 5.94. The molecule has 1 atom stereocenters. The topological polar surface area (TPSA) is 36.1 Å². The standard InChI is InChI=1S/C17H23NO.C12H13N.C8H18/c1-5-12-18(13-6-2)17(19)16-10-8-15(9-11-16)14(4)7-3;1-3-9(2)12-8-10-6-4-5-7-11(10)13-12;1-4-6-7-8(3)5-2/h7-11H,3-6,12-13H2,1-2H3;3-8,13H,1-2H3;8H,4-7H2,1-3H3/b;9-3+;. The predicted molar refractivity (Wildman–Crippen MR) is 179 cm³/mol. The second-order valence-electron chi connectivity index (χ2n) is 10.5. The lowest BCUT2D eigenvalue weighted by Crippen LogP contribution is -2.32. The molecule has 40 heavy (non-hydrogen) atoms. The van der Waals surface area contributed by atoms with Crippen LogP contribution in [-0.4, -0.2) is 28.9 Å². The molecule has 0 aliphatic heterocycles. The van der Waals surface area contributed by atoms with Gasteiger partial charge in [0.1, 0.15) is 0 Å². The number of benzene rings is 2. The first-order valence-corrected chi connectivity index (χ1v) is 15.2. The van der Waals surface area contributed by atoms with Crippen LogP contribution in [0.2, 0.25) is 0 Å². The van der Waals surface area contributed by atoms with Gasteiger partial charge in [0.15, 0.2) is 0 Å². The van der Waals surface area contributed by atoms with Crippen molar-refractivity contribution < 1.29 is 4.79 Å². The Morgan fingerprint density at radius 1 is 0.950 bits per heavy atom. The molecule has 2 aromatic carbocycles. The van der Waals surface area contributed by atoms with E-state index in [-0.39, 0.29) is 5.91 Å². The molecule has 0 saturated heterocycles. The van der Waals surface area contributed by atoms with Gasteiger partial charge in [-0.15, -0.1) is 0 Å². The minimum atomic E-state index is 0.111. The number of hydrogen-bond acceptors (Lipinski definition) is 1. The summed E-state index contributed by atoms with van der Waals surface area (Å²) in [6, 6.07) is 18.1. The summed E-state index contributed by atoms with van der Waals surface area (Å²) in [5, 5.41) is 1.28. The first kappa shape index (κ1) is 34.7. The minimum Gasteiger partial charge on any atom is -0.355 e. The van der Waals surface area contributed by atoms with E-state index in [1.54, 1.807) is 6.08 Å². The Morgan fingerprint density at radius 3 is 2.05 bits per heavy atom. The molecule has 1 unspecified atom stereocenters. The molecule has 0 spiro atoms. The van der Waals surface area contributed by atoms with Crippen LogP contribution >= 0.6 is 0 Å². The number of carbonyl (C=O) groups is 1. The molecule has 3 nitrogen and oxygen atoms in total. The van der Waals surface area contributed by atoms with Crippen molar-refractivity contribution in [2.75, 3.05) is 13.1 Å². The zero-order valence-corrected chi connectivity index (χ0v) is 26.4. The van der Waals surface area contributed by atoms with Crippen LogP contribution < -0.4 is 0 Å². The van der Waals surface area contributed by atoms with Gasteiger partial charge in [0, 0.05) is 29.9 Å². The van der Waals surface area contributed by atoms with Crippen molar-refractivity contribution in [2.45, 2.75) is 87.0 Å². The zero-order valence-electron chi connectivity index (χ0n) is 26.4. The maximum Gasteiger partial charge on any atom is 0.253 e. The predicted octanol–water partition coefficient (Wildman–Crippen LogP) is 11.0. The van der Waals surface area contributed by atoms with E-state index in [0.717, 1.165) is 48.5 Å². The number of para-hydroxylation sites is 1. The molecule has 0 aliphatic rings. The number of aromatic amines is 1. The number of nitrogens with one attached hydrogen (secondary N) is 1. The van der Waals surface area contributed by atoms with Crippen LogP contribution in [0.3, 0.4) is 0 Å². The fourth-order valence-corrected chi connectivity index (χ4v) is 4.18. The van der Waals surface area contributed by atoms with E-state index in [4.69, 9.17) is 0 Å². The van der Waals surface area contributed by atoms with Gasteiger partial charge in [0.05, 0.1) is 0 Å². The van der Waals surface area contributed by atoms with Crippen molar-refractivity contribution in [1.82, 2.24) is 9.88 Å². The molecule has 0 bridgehead atoms. The third-order valence-electron chi connectivity index (χ3n) is 7.16. The molecule has 0 saturated carbocycles. The molecule has 1 N–H and O–H groups in total. The van der Waals surface area contributed by atoms with Crippen molar-refractivity contribution >= 4 is 28.0 Å². The summed E-state index contributed by atoms with van der Waals surface area (Å²) in [6.45, 7) is 24.4. The molecule has 1 amide bonds. The number of amides is 1. The van der Waals surface area contributed by atoms with Crippen molar-refractivity contribution in [1.29, 1.82) is 0 Å². The fourth-order valence-electron chi connectivity index (χ4n) is 4.18. The third kappa shape index (κ3) is 11.8. The van der Waals surface area contributed by atoms with Crippen LogP contribution in [0.1, 0.15) is 109 Å². The molecule has 0 aliphatic carbocycles. The van der Waals surface area contributed by atoms with E-state index in [9.17, 15) is 4.79 Å². The number of H-pyrrole nitrogens is 1. The SMILES string of the molecule is C/C=C(\C)c1cc2ccccc2[nH]1.C=CC(=C)c1ccc(C(=O)N(CCC)CCC)cc1.CCCCC(C)CC. The summed E-state index contributed by atoms with van der Waals surface area (Å²) in [4.78, 5) is 17.7. The number of unbranched alkanes of at least 4 members (excludes halogenated alkanes) is 1. The molecular formula is C37H54N2O. The molecule has 0 fully saturated rings. The Kier molecular flexibility index (Phi) is 17.1. The quantitative estimate of drug-likeness (QED) is 0.227. The maximum atomic E-state index is 12.4. The normalized spacial score (nSPS) is 11.5. The van der Waals surface area contributed by atoms with Gasteiger partial charge >= 0.3 is 0 Å². The summed E-state index contributed by atoms with van der Waals surface area (Å²) < 4.78 is 0. The number of nitrogens with zero attached hydrogens (tertiary/aromatic N) is 1. The fraction of sp³-hybridized carbons (Fsp3) is 0.432. The van der Waals surface area contributed by atoms with Crippen molar-refractivity contribution in [3.05, 3.63) is 96.7 Å². The summed E-state index contributed by atoms with van der Waals surface area (Å²) in [6.07, 6.45) is 11.3. The number of fused-ring (bicyclic) bond motifs is 1. The summed E-state index contributed by atoms with van der Waals surface area (Å²) >= 11 is 0. The van der Waals surface area contributed by atoms with Gasteiger partial charge in [-0.2, -0.15) is 0 Å². The Hall–Kier alpha value is -3.33. The highest BCUT2D eigenvalue weighted by Crippen LogP contribution is 2.20. The molecule has 3 aromatic rings. The molecule has 1 heterocycles. The Labute approximate surface area is 245 Å². The first-order valence-electron chi connectivity index (χ1n) is 15.2. The lowest BCUT2D eigenvalue weighted by atomic mass is 10.0. The van der Waals surface area contributed by atoms with Gasteiger partial charge < -0.3 is 9.88 Å². The van der Waals surface area contributed by atoms with Crippen molar-refractivity contribution in [3.63, 3.8) is 0 Å². The monoisotopic (exact) mass is 542 g/mol. The van der Waals surface area contributed by atoms with E-state index in [1.807, 2.05) is 35.2 Å². The minimum absolute atomic E-state index is 0.111. The number of hydrogen-bond donors (Lipinski definition) is 1. The van der Waals surface area contributed by atoms with E-state index in [0.29, 0.717) is 0 Å². The summed E-state index contributed by atoms with van der Waals surface area (Å²) in [5.74, 6) is 1.06. The van der Waals surface area contributed by atoms with E-state index >= 15 is 0 Å². The van der Waals surface area contributed by atoms with Gasteiger partial charge in [0.2, 0.25) is 0 Å². The second kappa shape index (κ2) is 19.7. The lowest BCUT2D eigenvalue weighted by molar-refractivity contribution is 0.0755. The smallest absolute Gasteiger partial charge is 0.253 e. The van der Waals surface area contributed by atoms with Crippen molar-refractivity contribution in [3.8, 4) is 0 Å². The molecule has 218 valence electrons. The summed E-state index contributed by atoms with van der Waals surface area (Å²) in [7, 11) is 0. The lowest BCUT2D eigenvalue weighted by Gasteiger charge is -2.21. The van der Waals surface area contributed by atoms with Gasteiger partial charge in [-0.25, -0.2) is 0 Å². The highest BCUT2D eigenvalue weighted by atomic mass is 16.2. The van der Waals surface area contributed by atoms with E-state index < -0.39 is 0 Å². The molecule has 1 aromatic heterocycles.